The van der Waals surface area contributed by atoms with Crippen LogP contribution in [-0.2, 0) is 11.2 Å². The molecule has 1 aromatic heterocycles. The molecule has 2 aromatic carbocycles. The van der Waals surface area contributed by atoms with Crippen LogP contribution in [0.2, 0.25) is 0 Å². The SMILES string of the molecule is CN1CCN(c2nc(N)nc3cc(C(=O)NC(Cc4ccc5c(c4)OC(F)(F)O5)C(=O)N(C)C)ccc23)CC1. The van der Waals surface area contributed by atoms with Crippen LogP contribution in [0, 0.1) is 0 Å². The number of hydrogen-bond acceptors (Lipinski definition) is 9. The molecule has 39 heavy (non-hydrogen) atoms. The maximum atomic E-state index is 13.4. The van der Waals surface area contributed by atoms with Crippen molar-refractivity contribution in [3.05, 3.63) is 47.5 Å². The van der Waals surface area contributed by atoms with Gasteiger partial charge in [-0.1, -0.05) is 6.07 Å². The number of ether oxygens (including phenoxy) is 2. The van der Waals surface area contributed by atoms with Gasteiger partial charge >= 0.3 is 6.29 Å². The number of piperazine rings is 1. The second kappa shape index (κ2) is 10.1. The molecule has 1 fully saturated rings. The molecule has 3 aromatic rings. The van der Waals surface area contributed by atoms with Crippen molar-refractivity contribution in [3.63, 3.8) is 0 Å². The van der Waals surface area contributed by atoms with Gasteiger partial charge in [0.05, 0.1) is 5.52 Å². The molecule has 1 unspecified atom stereocenters. The molecular formula is C26H29F2N7O4. The Kier molecular flexibility index (Phi) is 6.85. The lowest BCUT2D eigenvalue weighted by atomic mass is 10.0. The molecular weight excluding hydrogens is 512 g/mol. The number of nitrogen functional groups attached to an aromatic ring is 1. The minimum Gasteiger partial charge on any atom is -0.395 e. The maximum Gasteiger partial charge on any atom is 0.586 e. The molecule has 0 saturated carbocycles. The second-order valence-corrected chi connectivity index (χ2v) is 9.84. The zero-order valence-electron chi connectivity index (χ0n) is 21.8. The van der Waals surface area contributed by atoms with Gasteiger partial charge in [-0.2, -0.15) is 4.98 Å². The quantitative estimate of drug-likeness (QED) is 0.480. The van der Waals surface area contributed by atoms with Crippen molar-refractivity contribution in [3.8, 4) is 11.5 Å². The van der Waals surface area contributed by atoms with E-state index in [2.05, 4.69) is 41.6 Å². The van der Waals surface area contributed by atoms with Crippen molar-refractivity contribution in [2.75, 3.05) is 58.0 Å². The normalized spacial score (nSPS) is 17.2. The number of likely N-dealkylation sites (N-methyl/N-ethyl adjacent to an activating group) is 2. The lowest BCUT2D eigenvalue weighted by Crippen LogP contribution is -2.47. The first-order valence-electron chi connectivity index (χ1n) is 12.4. The number of benzene rings is 2. The van der Waals surface area contributed by atoms with Crippen LogP contribution in [0.4, 0.5) is 20.5 Å². The molecule has 0 spiro atoms. The molecule has 11 nitrogen and oxygen atoms in total. The Morgan fingerprint density at radius 1 is 1.08 bits per heavy atom. The van der Waals surface area contributed by atoms with Gasteiger partial charge in [0, 0.05) is 57.6 Å². The fourth-order valence-corrected chi connectivity index (χ4v) is 4.64. The number of hydrogen-bond donors (Lipinski definition) is 2. The molecule has 2 amide bonds. The van der Waals surface area contributed by atoms with Crippen LogP contribution in [0.5, 0.6) is 11.5 Å². The molecule has 3 heterocycles. The van der Waals surface area contributed by atoms with Crippen molar-refractivity contribution < 1.29 is 27.8 Å². The van der Waals surface area contributed by atoms with E-state index < -0.39 is 18.2 Å². The molecule has 0 bridgehead atoms. The Balaban J connectivity index is 1.38. The number of anilines is 2. The first-order valence-corrected chi connectivity index (χ1v) is 12.4. The van der Waals surface area contributed by atoms with Crippen LogP contribution in [0.1, 0.15) is 15.9 Å². The number of halogens is 2. The number of nitrogens with two attached hydrogens (primary N) is 1. The third-order valence-electron chi connectivity index (χ3n) is 6.71. The number of alkyl halides is 2. The molecule has 0 aliphatic carbocycles. The highest BCUT2D eigenvalue weighted by molar-refractivity contribution is 6.02. The molecule has 3 N–H and O–H groups in total. The summed E-state index contributed by atoms with van der Waals surface area (Å²) in [6.45, 7) is 3.35. The molecule has 0 radical (unpaired) electrons. The first kappa shape index (κ1) is 26.4. The Morgan fingerprint density at radius 3 is 2.51 bits per heavy atom. The van der Waals surface area contributed by atoms with E-state index in [-0.39, 0.29) is 35.3 Å². The zero-order chi connectivity index (χ0) is 27.9. The number of aromatic nitrogens is 2. The number of carbonyl (C=O) groups is 2. The molecule has 206 valence electrons. The number of fused-ring (bicyclic) bond motifs is 2. The van der Waals surface area contributed by atoms with E-state index in [0.29, 0.717) is 16.9 Å². The highest BCUT2D eigenvalue weighted by Crippen LogP contribution is 2.41. The van der Waals surface area contributed by atoms with Gasteiger partial charge in [-0.3, -0.25) is 9.59 Å². The van der Waals surface area contributed by atoms with Gasteiger partial charge in [0.25, 0.3) is 5.91 Å². The smallest absolute Gasteiger partial charge is 0.395 e. The topological polar surface area (TPSA) is 126 Å². The van der Waals surface area contributed by atoms with Crippen molar-refractivity contribution >= 4 is 34.5 Å². The van der Waals surface area contributed by atoms with Crippen LogP contribution in [0.15, 0.2) is 36.4 Å². The number of amides is 2. The Hall–Kier alpha value is -4.26. The van der Waals surface area contributed by atoms with Crippen LogP contribution in [0.3, 0.4) is 0 Å². The number of rotatable bonds is 6. The summed E-state index contributed by atoms with van der Waals surface area (Å²) in [5.74, 6) is -0.284. The molecule has 2 aliphatic rings. The van der Waals surface area contributed by atoms with Crippen molar-refractivity contribution in [1.82, 2.24) is 25.1 Å². The standard InChI is InChI=1S/C26H29F2N7O4/c1-33(2)24(37)19(12-15-4-7-20-21(13-15)39-26(27,28)38-20)30-23(36)16-5-6-17-18(14-16)31-25(29)32-22(17)35-10-8-34(3)9-11-35/h4-7,13-14,19H,8-12H2,1-3H3,(H,30,36)(H2,29,31,32). The molecule has 1 saturated heterocycles. The van der Waals surface area contributed by atoms with Gasteiger partial charge in [0.15, 0.2) is 11.5 Å². The van der Waals surface area contributed by atoms with Crippen molar-refractivity contribution in [1.29, 1.82) is 0 Å². The molecule has 2 aliphatic heterocycles. The zero-order valence-corrected chi connectivity index (χ0v) is 21.8. The van der Waals surface area contributed by atoms with Gasteiger partial charge in [-0.15, -0.1) is 8.78 Å². The maximum absolute atomic E-state index is 13.4. The summed E-state index contributed by atoms with van der Waals surface area (Å²) < 4.78 is 35.8. The van der Waals surface area contributed by atoms with E-state index in [1.54, 1.807) is 38.4 Å². The Morgan fingerprint density at radius 2 is 1.79 bits per heavy atom. The van der Waals surface area contributed by atoms with Crippen LogP contribution >= 0.6 is 0 Å². The summed E-state index contributed by atoms with van der Waals surface area (Å²) in [6, 6.07) is 8.32. The summed E-state index contributed by atoms with van der Waals surface area (Å²) in [6.07, 6.45) is -3.71. The largest absolute Gasteiger partial charge is 0.586 e. The first-order chi connectivity index (χ1) is 18.5. The van der Waals surface area contributed by atoms with E-state index in [1.165, 1.54) is 17.0 Å². The van der Waals surface area contributed by atoms with Gasteiger partial charge in [-0.25, -0.2) is 4.98 Å². The van der Waals surface area contributed by atoms with Gasteiger partial charge in [0.1, 0.15) is 11.9 Å². The lowest BCUT2D eigenvalue weighted by molar-refractivity contribution is -0.286. The van der Waals surface area contributed by atoms with Gasteiger partial charge < -0.3 is 35.2 Å². The lowest BCUT2D eigenvalue weighted by Gasteiger charge is -2.33. The third-order valence-corrected chi connectivity index (χ3v) is 6.71. The van der Waals surface area contributed by atoms with E-state index in [1.807, 2.05) is 0 Å². The fourth-order valence-electron chi connectivity index (χ4n) is 4.64. The second-order valence-electron chi connectivity index (χ2n) is 9.84. The molecule has 5 rings (SSSR count). The average molecular weight is 542 g/mol. The summed E-state index contributed by atoms with van der Waals surface area (Å²) >= 11 is 0. The highest BCUT2D eigenvalue weighted by Gasteiger charge is 2.43. The van der Waals surface area contributed by atoms with Crippen molar-refractivity contribution in [2.45, 2.75) is 18.8 Å². The number of carbonyl (C=O) groups excluding carboxylic acids is 2. The fraction of sp³-hybridized carbons (Fsp3) is 0.385. The summed E-state index contributed by atoms with van der Waals surface area (Å²) in [7, 11) is 5.20. The van der Waals surface area contributed by atoms with E-state index in [0.717, 1.165) is 31.6 Å². The van der Waals surface area contributed by atoms with Crippen LogP contribution in [-0.4, -0.2) is 91.2 Å². The predicted octanol–water partition coefficient (Wildman–Crippen LogP) is 1.71. The van der Waals surface area contributed by atoms with E-state index >= 15 is 0 Å². The van der Waals surface area contributed by atoms with Crippen LogP contribution in [0.25, 0.3) is 10.9 Å². The third kappa shape index (κ3) is 5.62. The minimum atomic E-state index is -3.75. The average Bonchev–Trinajstić information content (AvgIpc) is 3.20. The minimum absolute atomic E-state index is 0.0429. The summed E-state index contributed by atoms with van der Waals surface area (Å²) in [5, 5.41) is 3.54. The Labute approximate surface area is 223 Å². The van der Waals surface area contributed by atoms with Gasteiger partial charge in [0.2, 0.25) is 11.9 Å². The van der Waals surface area contributed by atoms with Crippen molar-refractivity contribution in [2.24, 2.45) is 0 Å². The Bertz CT molecular complexity index is 1430. The van der Waals surface area contributed by atoms with Gasteiger partial charge in [-0.05, 0) is 42.9 Å². The number of nitrogens with zero attached hydrogens (tertiary/aromatic N) is 5. The van der Waals surface area contributed by atoms with E-state index in [4.69, 9.17) is 5.73 Å². The monoisotopic (exact) mass is 541 g/mol. The summed E-state index contributed by atoms with van der Waals surface area (Å²) in [5.41, 5.74) is 7.30. The molecule has 13 heteroatoms. The number of nitrogens with one attached hydrogen (secondary N) is 1. The predicted molar refractivity (Wildman–Crippen MR) is 140 cm³/mol. The highest BCUT2D eigenvalue weighted by atomic mass is 19.3. The van der Waals surface area contributed by atoms with E-state index in [9.17, 15) is 18.4 Å². The molecule has 1 atom stereocenters. The summed E-state index contributed by atoms with van der Waals surface area (Å²) in [4.78, 5) is 40.7. The van der Waals surface area contributed by atoms with Crippen LogP contribution < -0.4 is 25.4 Å².